The number of anilines is 1. The van der Waals surface area contributed by atoms with Crippen molar-refractivity contribution in [2.75, 3.05) is 33.8 Å². The minimum Gasteiger partial charge on any atom is -0.506 e. The van der Waals surface area contributed by atoms with Crippen LogP contribution < -0.4 is 24.3 Å². The van der Waals surface area contributed by atoms with Gasteiger partial charge in [0.1, 0.15) is 5.75 Å². The largest absolute Gasteiger partial charge is 0.506 e. The van der Waals surface area contributed by atoms with Gasteiger partial charge in [0.25, 0.3) is 0 Å². The molecule has 3 N–H and O–H groups in total. The third kappa shape index (κ3) is 6.26. The molecule has 0 spiro atoms. The molecule has 0 aliphatic rings. The fraction of sp³-hybridized carbons (Fsp3) is 0.148. The van der Waals surface area contributed by atoms with Crippen molar-refractivity contribution in [1.29, 1.82) is 0 Å². The number of aromatic hydroxyl groups is 2. The first-order valence-corrected chi connectivity index (χ1v) is 10.6. The van der Waals surface area contributed by atoms with Gasteiger partial charge in [0.2, 0.25) is 11.7 Å². The zero-order chi connectivity index (χ0) is 25.4. The van der Waals surface area contributed by atoms with Crippen LogP contribution in [-0.2, 0) is 4.79 Å². The summed E-state index contributed by atoms with van der Waals surface area (Å²) < 4.78 is 21.2. The van der Waals surface area contributed by atoms with Gasteiger partial charge in [-0.15, -0.1) is 0 Å². The van der Waals surface area contributed by atoms with Crippen LogP contribution in [0, 0.1) is 0 Å². The molecule has 1 amide bonds. The van der Waals surface area contributed by atoms with Crippen LogP contribution in [0.3, 0.4) is 0 Å². The van der Waals surface area contributed by atoms with Gasteiger partial charge in [0, 0.05) is 6.08 Å². The lowest BCUT2D eigenvalue weighted by atomic mass is 10.1. The highest BCUT2D eigenvalue weighted by atomic mass is 16.5. The lowest BCUT2D eigenvalue weighted by molar-refractivity contribution is -0.111. The van der Waals surface area contributed by atoms with E-state index in [1.807, 2.05) is 24.3 Å². The highest BCUT2D eigenvalue weighted by molar-refractivity contribution is 6.03. The maximum atomic E-state index is 12.4. The number of hydrogen-bond donors (Lipinski definition) is 3. The van der Waals surface area contributed by atoms with Crippen LogP contribution in [-0.4, -0.2) is 44.6 Å². The fourth-order valence-electron chi connectivity index (χ4n) is 3.29. The summed E-state index contributed by atoms with van der Waals surface area (Å²) in [6.45, 7) is 0. The van der Waals surface area contributed by atoms with Gasteiger partial charge >= 0.3 is 0 Å². The normalized spacial score (nSPS) is 11.0. The third-order valence-corrected chi connectivity index (χ3v) is 5.06. The average molecular weight is 478 g/mol. The van der Waals surface area contributed by atoms with Gasteiger partial charge < -0.3 is 34.5 Å². The zero-order valence-electron chi connectivity index (χ0n) is 19.9. The maximum absolute atomic E-state index is 12.4. The molecule has 3 rings (SSSR count). The van der Waals surface area contributed by atoms with E-state index in [1.165, 1.54) is 25.3 Å². The third-order valence-electron chi connectivity index (χ3n) is 5.06. The number of carbonyl (C=O) groups is 1. The lowest BCUT2D eigenvalue weighted by Crippen LogP contribution is -2.08. The number of rotatable bonds is 9. The molecule has 0 atom stereocenters. The highest BCUT2D eigenvalue weighted by Gasteiger charge is 2.12. The molecule has 182 valence electrons. The predicted octanol–water partition coefficient (Wildman–Crippen LogP) is 4.95. The first-order chi connectivity index (χ1) is 16.9. The van der Waals surface area contributed by atoms with Crippen LogP contribution in [0.1, 0.15) is 16.7 Å². The molecule has 0 bridgehead atoms. The summed E-state index contributed by atoms with van der Waals surface area (Å²) in [5.41, 5.74) is 2.49. The smallest absolute Gasteiger partial charge is 0.248 e. The summed E-state index contributed by atoms with van der Waals surface area (Å²) in [7, 11) is 6.08. The summed E-state index contributed by atoms with van der Waals surface area (Å²) in [6, 6.07) is 13.2. The molecule has 0 radical (unpaired) electrons. The number of ether oxygens (including phenoxy) is 4. The first kappa shape index (κ1) is 25.0. The number of phenols is 2. The molecule has 0 aliphatic carbocycles. The Bertz CT molecular complexity index is 1240. The van der Waals surface area contributed by atoms with Crippen molar-refractivity contribution < 1.29 is 34.0 Å². The lowest BCUT2D eigenvalue weighted by Gasteiger charge is -2.12. The molecule has 8 heteroatoms. The summed E-state index contributed by atoms with van der Waals surface area (Å²) in [4.78, 5) is 12.4. The summed E-state index contributed by atoms with van der Waals surface area (Å²) in [5.74, 6) is 1.38. The SMILES string of the molecule is COc1cc(/C=C/C(=O)Nc2cc(/C=C/c3cc(OC)c(OC)c(OC)c3)ccc2O)ccc1O. The van der Waals surface area contributed by atoms with E-state index in [-0.39, 0.29) is 17.2 Å². The van der Waals surface area contributed by atoms with E-state index in [9.17, 15) is 15.0 Å². The maximum Gasteiger partial charge on any atom is 0.248 e. The van der Waals surface area contributed by atoms with Crippen molar-refractivity contribution in [3.05, 3.63) is 71.3 Å². The number of nitrogens with one attached hydrogen (secondary N) is 1. The molecule has 0 heterocycles. The number of amides is 1. The van der Waals surface area contributed by atoms with E-state index in [1.54, 1.807) is 51.7 Å². The highest BCUT2D eigenvalue weighted by Crippen LogP contribution is 2.38. The second-order valence-electron chi connectivity index (χ2n) is 7.32. The van der Waals surface area contributed by atoms with Crippen molar-refractivity contribution in [3.63, 3.8) is 0 Å². The molecule has 0 saturated heterocycles. The van der Waals surface area contributed by atoms with Crippen LogP contribution in [0.5, 0.6) is 34.5 Å². The molecule has 35 heavy (non-hydrogen) atoms. The quantitative estimate of drug-likeness (QED) is 0.227. The van der Waals surface area contributed by atoms with Gasteiger partial charge in [-0.3, -0.25) is 4.79 Å². The Labute approximate surface area is 203 Å². The summed E-state index contributed by atoms with van der Waals surface area (Å²) >= 11 is 0. The van der Waals surface area contributed by atoms with Gasteiger partial charge in [-0.25, -0.2) is 0 Å². The number of benzene rings is 3. The molecule has 0 saturated carbocycles. The summed E-state index contributed by atoms with van der Waals surface area (Å²) in [6.07, 6.45) is 6.57. The second kappa shape index (κ2) is 11.5. The van der Waals surface area contributed by atoms with Crippen molar-refractivity contribution in [3.8, 4) is 34.5 Å². The predicted molar refractivity (Wildman–Crippen MR) is 135 cm³/mol. The Balaban J connectivity index is 1.77. The number of methoxy groups -OCH3 is 4. The van der Waals surface area contributed by atoms with Crippen molar-refractivity contribution in [2.24, 2.45) is 0 Å². The molecule has 3 aromatic carbocycles. The number of hydrogen-bond acceptors (Lipinski definition) is 7. The van der Waals surface area contributed by atoms with Crippen LogP contribution in [0.15, 0.2) is 54.6 Å². The van der Waals surface area contributed by atoms with E-state index in [0.717, 1.165) is 11.1 Å². The van der Waals surface area contributed by atoms with Gasteiger partial charge in [0.15, 0.2) is 23.0 Å². The molecule has 0 fully saturated rings. The minimum absolute atomic E-state index is 0.00965. The Morgan fingerprint density at radius 3 is 1.83 bits per heavy atom. The van der Waals surface area contributed by atoms with Crippen molar-refractivity contribution in [1.82, 2.24) is 0 Å². The number of phenolic OH excluding ortho intramolecular Hbond substituents is 2. The average Bonchev–Trinajstić information content (AvgIpc) is 2.87. The molecular formula is C27H27NO7. The molecule has 0 aliphatic heterocycles. The van der Waals surface area contributed by atoms with Gasteiger partial charge in [-0.1, -0.05) is 24.3 Å². The van der Waals surface area contributed by atoms with Gasteiger partial charge in [-0.05, 0) is 59.2 Å². The number of carbonyl (C=O) groups excluding carboxylic acids is 1. The van der Waals surface area contributed by atoms with E-state index >= 15 is 0 Å². The zero-order valence-corrected chi connectivity index (χ0v) is 19.9. The Kier molecular flexibility index (Phi) is 8.24. The van der Waals surface area contributed by atoms with E-state index in [0.29, 0.717) is 28.6 Å². The van der Waals surface area contributed by atoms with E-state index in [4.69, 9.17) is 18.9 Å². The molecule has 8 nitrogen and oxygen atoms in total. The van der Waals surface area contributed by atoms with Crippen LogP contribution in [0.25, 0.3) is 18.2 Å². The van der Waals surface area contributed by atoms with Gasteiger partial charge in [-0.2, -0.15) is 0 Å². The first-order valence-electron chi connectivity index (χ1n) is 10.6. The fourth-order valence-corrected chi connectivity index (χ4v) is 3.29. The van der Waals surface area contributed by atoms with Crippen molar-refractivity contribution >= 4 is 29.8 Å². The second-order valence-corrected chi connectivity index (χ2v) is 7.32. The van der Waals surface area contributed by atoms with Crippen molar-refractivity contribution in [2.45, 2.75) is 0 Å². The Hall–Kier alpha value is -4.59. The molecule has 0 unspecified atom stereocenters. The monoisotopic (exact) mass is 477 g/mol. The Morgan fingerprint density at radius 1 is 0.686 bits per heavy atom. The Morgan fingerprint density at radius 2 is 1.23 bits per heavy atom. The van der Waals surface area contributed by atoms with Crippen LogP contribution >= 0.6 is 0 Å². The topological polar surface area (TPSA) is 106 Å². The van der Waals surface area contributed by atoms with Gasteiger partial charge in [0.05, 0.1) is 34.1 Å². The van der Waals surface area contributed by atoms with E-state index < -0.39 is 5.91 Å². The molecule has 3 aromatic rings. The molecular weight excluding hydrogens is 450 g/mol. The van der Waals surface area contributed by atoms with E-state index in [2.05, 4.69) is 5.32 Å². The molecule has 0 aromatic heterocycles. The standard InChI is InChI=1S/C27H27NO7/c1-32-23-14-18(8-11-22(23)30)9-12-26(31)28-20-13-17(7-10-21(20)29)5-6-19-15-24(33-2)27(35-4)25(16-19)34-3/h5-16,29-30H,1-4H3,(H,28,31)/b6-5+,12-9+. The van der Waals surface area contributed by atoms with Crippen LogP contribution in [0.4, 0.5) is 5.69 Å². The summed E-state index contributed by atoms with van der Waals surface area (Å²) in [5, 5.41) is 22.5. The minimum atomic E-state index is -0.432. The van der Waals surface area contributed by atoms with Crippen LogP contribution in [0.2, 0.25) is 0 Å².